The molecule has 1 saturated heterocycles. The van der Waals surface area contributed by atoms with Crippen LogP contribution in [-0.4, -0.2) is 61.2 Å². The maximum atomic E-state index is 12.5. The first-order valence-electron chi connectivity index (χ1n) is 7.32. The first-order valence-corrected chi connectivity index (χ1v) is 8.47. The van der Waals surface area contributed by atoms with Crippen LogP contribution in [0.15, 0.2) is 0 Å². The van der Waals surface area contributed by atoms with Gasteiger partial charge in [-0.3, -0.25) is 4.79 Å². The fourth-order valence-electron chi connectivity index (χ4n) is 2.51. The molecule has 0 spiro atoms. The highest BCUT2D eigenvalue weighted by Crippen LogP contribution is 2.15. The van der Waals surface area contributed by atoms with Crippen LogP contribution in [0.4, 0.5) is 0 Å². The van der Waals surface area contributed by atoms with Crippen molar-refractivity contribution >= 4 is 17.7 Å². The number of nitrogens with zero attached hydrogens (tertiary/aromatic N) is 1. The molecule has 112 valence electrons. The predicted octanol–water partition coefficient (Wildman–Crippen LogP) is 1.75. The Hall–Kier alpha value is -0.260. The number of hydrogen-bond donors (Lipinski definition) is 1. The predicted molar refractivity (Wildman–Crippen MR) is 81.7 cm³/mol. The zero-order valence-electron chi connectivity index (χ0n) is 12.5. The molecule has 1 aliphatic rings. The van der Waals surface area contributed by atoms with Crippen LogP contribution in [0.1, 0.15) is 33.1 Å². The zero-order valence-corrected chi connectivity index (χ0v) is 13.3. The van der Waals surface area contributed by atoms with Crippen molar-refractivity contribution in [1.82, 2.24) is 10.2 Å². The maximum absolute atomic E-state index is 12.5. The lowest BCUT2D eigenvalue weighted by atomic mass is 10.1. The number of amides is 1. The van der Waals surface area contributed by atoms with Gasteiger partial charge in [0.1, 0.15) is 0 Å². The zero-order chi connectivity index (χ0) is 14.1. The van der Waals surface area contributed by atoms with Crippen LogP contribution >= 0.6 is 11.8 Å². The third-order valence-electron chi connectivity index (χ3n) is 3.66. The quantitative estimate of drug-likeness (QED) is 0.739. The Bertz CT molecular complexity index is 254. The molecule has 4 nitrogen and oxygen atoms in total. The van der Waals surface area contributed by atoms with E-state index in [2.05, 4.69) is 19.2 Å². The smallest absolute Gasteiger partial charge is 0.224 e. The first kappa shape index (κ1) is 16.8. The Balaban J connectivity index is 2.53. The minimum Gasteiger partial charge on any atom is -0.383 e. The van der Waals surface area contributed by atoms with E-state index in [0.717, 1.165) is 30.9 Å². The van der Waals surface area contributed by atoms with Crippen molar-refractivity contribution in [3.8, 4) is 0 Å². The van der Waals surface area contributed by atoms with Gasteiger partial charge >= 0.3 is 0 Å². The van der Waals surface area contributed by atoms with Gasteiger partial charge in [0.2, 0.25) is 5.91 Å². The second-order valence-electron chi connectivity index (χ2n) is 4.98. The van der Waals surface area contributed by atoms with Crippen molar-refractivity contribution in [2.75, 3.05) is 38.3 Å². The average molecular weight is 288 g/mol. The molecule has 1 aliphatic heterocycles. The van der Waals surface area contributed by atoms with Crippen LogP contribution in [0, 0.1) is 0 Å². The molecule has 0 bridgehead atoms. The van der Waals surface area contributed by atoms with E-state index in [0.29, 0.717) is 31.7 Å². The van der Waals surface area contributed by atoms with Gasteiger partial charge in [-0.1, -0.05) is 13.8 Å². The number of carbonyl (C=O) groups is 1. The van der Waals surface area contributed by atoms with Gasteiger partial charge < -0.3 is 15.0 Å². The molecule has 1 unspecified atom stereocenters. The summed E-state index contributed by atoms with van der Waals surface area (Å²) < 4.78 is 5.14. The molecular weight excluding hydrogens is 260 g/mol. The van der Waals surface area contributed by atoms with Gasteiger partial charge in [-0.15, -0.1) is 0 Å². The summed E-state index contributed by atoms with van der Waals surface area (Å²) in [6.07, 6.45) is 2.64. The Morgan fingerprint density at radius 1 is 1.47 bits per heavy atom. The fourth-order valence-corrected chi connectivity index (χ4v) is 3.46. The van der Waals surface area contributed by atoms with E-state index in [4.69, 9.17) is 4.74 Å². The van der Waals surface area contributed by atoms with Gasteiger partial charge in [0.05, 0.1) is 6.61 Å². The SMILES string of the molecule is CCC(CC)N(CCOC)C(=O)CC1CSCCN1. The number of methoxy groups -OCH3 is 1. The summed E-state index contributed by atoms with van der Waals surface area (Å²) in [6.45, 7) is 6.65. The van der Waals surface area contributed by atoms with E-state index in [-0.39, 0.29) is 5.91 Å². The standard InChI is InChI=1S/C14H28N2O2S/c1-4-13(5-2)16(7-8-18-3)14(17)10-12-11-19-9-6-15-12/h12-13,15H,4-11H2,1-3H3. The van der Waals surface area contributed by atoms with Crippen molar-refractivity contribution < 1.29 is 9.53 Å². The summed E-state index contributed by atoms with van der Waals surface area (Å²) in [5.41, 5.74) is 0. The van der Waals surface area contributed by atoms with Crippen molar-refractivity contribution in [3.05, 3.63) is 0 Å². The normalized spacial score (nSPS) is 19.7. The van der Waals surface area contributed by atoms with E-state index in [1.165, 1.54) is 0 Å². The number of thioether (sulfide) groups is 1. The Labute approximate surface area is 121 Å². The number of hydrogen-bond acceptors (Lipinski definition) is 4. The second-order valence-corrected chi connectivity index (χ2v) is 6.13. The van der Waals surface area contributed by atoms with E-state index in [1.54, 1.807) is 7.11 Å². The summed E-state index contributed by atoms with van der Waals surface area (Å²) in [4.78, 5) is 14.5. The monoisotopic (exact) mass is 288 g/mol. The molecule has 0 aromatic heterocycles. The first-order chi connectivity index (χ1) is 9.22. The van der Waals surface area contributed by atoms with Crippen LogP contribution in [0.5, 0.6) is 0 Å². The fraction of sp³-hybridized carbons (Fsp3) is 0.929. The molecule has 0 aromatic rings. The number of ether oxygens (including phenoxy) is 1. The van der Waals surface area contributed by atoms with Crippen LogP contribution < -0.4 is 5.32 Å². The number of rotatable bonds is 8. The third-order valence-corrected chi connectivity index (χ3v) is 4.79. The van der Waals surface area contributed by atoms with Gasteiger partial charge in [-0.25, -0.2) is 0 Å². The summed E-state index contributed by atoms with van der Waals surface area (Å²) >= 11 is 1.94. The molecular formula is C14H28N2O2S. The lowest BCUT2D eigenvalue weighted by Crippen LogP contribution is -2.46. The van der Waals surface area contributed by atoms with Gasteiger partial charge in [0, 0.05) is 50.2 Å². The van der Waals surface area contributed by atoms with Gasteiger partial charge in [0.25, 0.3) is 0 Å². The summed E-state index contributed by atoms with van der Waals surface area (Å²) in [5.74, 6) is 2.47. The molecule has 0 saturated carbocycles. The molecule has 0 radical (unpaired) electrons. The molecule has 1 rings (SSSR count). The highest BCUT2D eigenvalue weighted by Gasteiger charge is 2.24. The Morgan fingerprint density at radius 2 is 2.21 bits per heavy atom. The molecule has 0 aliphatic carbocycles. The highest BCUT2D eigenvalue weighted by atomic mass is 32.2. The van der Waals surface area contributed by atoms with Gasteiger partial charge in [-0.05, 0) is 12.8 Å². The lowest BCUT2D eigenvalue weighted by molar-refractivity contribution is -0.134. The van der Waals surface area contributed by atoms with Crippen LogP contribution in [0.25, 0.3) is 0 Å². The van der Waals surface area contributed by atoms with Crippen LogP contribution in [0.3, 0.4) is 0 Å². The minimum atomic E-state index is 0.269. The minimum absolute atomic E-state index is 0.269. The highest BCUT2D eigenvalue weighted by molar-refractivity contribution is 7.99. The molecule has 1 fully saturated rings. The lowest BCUT2D eigenvalue weighted by Gasteiger charge is -2.32. The van der Waals surface area contributed by atoms with E-state index >= 15 is 0 Å². The largest absolute Gasteiger partial charge is 0.383 e. The topological polar surface area (TPSA) is 41.6 Å². The molecule has 5 heteroatoms. The van der Waals surface area contributed by atoms with Gasteiger partial charge in [0.15, 0.2) is 0 Å². The maximum Gasteiger partial charge on any atom is 0.224 e. The Morgan fingerprint density at radius 3 is 2.74 bits per heavy atom. The summed E-state index contributed by atoms with van der Waals surface area (Å²) in [5, 5.41) is 3.44. The molecule has 0 aromatic carbocycles. The molecule has 1 atom stereocenters. The molecule has 19 heavy (non-hydrogen) atoms. The van der Waals surface area contributed by atoms with Crippen molar-refractivity contribution in [1.29, 1.82) is 0 Å². The number of carbonyl (C=O) groups excluding carboxylic acids is 1. The molecule has 1 amide bonds. The van der Waals surface area contributed by atoms with E-state index in [1.807, 2.05) is 16.7 Å². The van der Waals surface area contributed by atoms with Crippen LogP contribution in [0.2, 0.25) is 0 Å². The Kier molecular flexibility index (Phi) is 8.50. The van der Waals surface area contributed by atoms with Gasteiger partial charge in [-0.2, -0.15) is 11.8 Å². The van der Waals surface area contributed by atoms with Crippen LogP contribution in [-0.2, 0) is 9.53 Å². The van der Waals surface area contributed by atoms with Crippen molar-refractivity contribution in [2.45, 2.75) is 45.2 Å². The summed E-state index contributed by atoms with van der Waals surface area (Å²) in [6, 6.07) is 0.685. The van der Waals surface area contributed by atoms with E-state index < -0.39 is 0 Å². The summed E-state index contributed by atoms with van der Waals surface area (Å²) in [7, 11) is 1.69. The molecule has 1 heterocycles. The number of nitrogens with one attached hydrogen (secondary N) is 1. The van der Waals surface area contributed by atoms with Crippen molar-refractivity contribution in [3.63, 3.8) is 0 Å². The third kappa shape index (κ3) is 5.71. The average Bonchev–Trinajstić information content (AvgIpc) is 2.44. The molecule has 1 N–H and O–H groups in total. The van der Waals surface area contributed by atoms with E-state index in [9.17, 15) is 4.79 Å². The van der Waals surface area contributed by atoms with Crippen molar-refractivity contribution in [2.24, 2.45) is 0 Å². The second kappa shape index (κ2) is 9.61.